The average molecular weight is 688 g/mol. The van der Waals surface area contributed by atoms with Crippen molar-refractivity contribution in [3.63, 3.8) is 0 Å². The van der Waals surface area contributed by atoms with Gasteiger partial charge in [-0.1, -0.05) is 133 Å². The highest BCUT2D eigenvalue weighted by Gasteiger charge is 2.19. The smallest absolute Gasteiger partial charge is 0.0715 e. The van der Waals surface area contributed by atoms with Crippen LogP contribution in [0.4, 0.5) is 0 Å². The summed E-state index contributed by atoms with van der Waals surface area (Å²) < 4.78 is 4.84. The topological polar surface area (TPSA) is 22.8 Å². The molecule has 0 aliphatic heterocycles. The minimum absolute atomic E-state index is 0.964. The second-order valence-corrected chi connectivity index (χ2v) is 14.0. The fourth-order valence-electron chi connectivity index (χ4n) is 8.33. The summed E-state index contributed by atoms with van der Waals surface area (Å²) in [6, 6.07) is 72.1. The Morgan fingerprint density at radius 2 is 0.778 bits per heavy atom. The second-order valence-electron chi connectivity index (χ2n) is 14.0. The van der Waals surface area contributed by atoms with Crippen LogP contribution in [-0.2, 0) is 0 Å². The number of nitrogens with zero attached hydrogens (tertiary/aromatic N) is 3. The lowest BCUT2D eigenvalue weighted by Crippen LogP contribution is -1.95. The van der Waals surface area contributed by atoms with Crippen LogP contribution in [-0.4, -0.2) is 14.1 Å². The van der Waals surface area contributed by atoms with Crippen molar-refractivity contribution in [2.45, 2.75) is 0 Å². The van der Waals surface area contributed by atoms with E-state index in [1.165, 1.54) is 54.4 Å². The molecule has 0 atom stereocenters. The maximum Gasteiger partial charge on any atom is 0.0715 e. The van der Waals surface area contributed by atoms with Crippen LogP contribution in [0.1, 0.15) is 0 Å². The summed E-state index contributed by atoms with van der Waals surface area (Å²) >= 11 is 0. The molecule has 0 aliphatic rings. The van der Waals surface area contributed by atoms with Crippen LogP contribution in [0.15, 0.2) is 200 Å². The van der Waals surface area contributed by atoms with Gasteiger partial charge in [0.05, 0.1) is 33.5 Å². The first-order valence-corrected chi connectivity index (χ1v) is 18.5. The van der Waals surface area contributed by atoms with E-state index in [0.717, 1.165) is 45.0 Å². The molecule has 0 bridgehead atoms. The van der Waals surface area contributed by atoms with E-state index >= 15 is 0 Å². The van der Waals surface area contributed by atoms with Crippen molar-refractivity contribution in [2.75, 3.05) is 0 Å². The molecule has 11 rings (SSSR count). The Morgan fingerprint density at radius 3 is 1.37 bits per heavy atom. The van der Waals surface area contributed by atoms with Crippen LogP contribution in [0, 0.1) is 0 Å². The summed E-state index contributed by atoms with van der Waals surface area (Å²) in [7, 11) is 0. The molecule has 3 aromatic heterocycles. The molecule has 0 radical (unpaired) electrons. The molecule has 54 heavy (non-hydrogen) atoms. The number of fused-ring (bicyclic) bond motifs is 7. The van der Waals surface area contributed by atoms with Gasteiger partial charge in [0.1, 0.15) is 0 Å². The van der Waals surface area contributed by atoms with E-state index in [-0.39, 0.29) is 0 Å². The zero-order valence-electron chi connectivity index (χ0n) is 29.4. The summed E-state index contributed by atoms with van der Waals surface area (Å²) in [5, 5.41) is 7.38. The number of aromatic nitrogens is 3. The number of benzene rings is 8. The summed E-state index contributed by atoms with van der Waals surface area (Å²) in [4.78, 5) is 5.12. The Morgan fingerprint density at radius 1 is 0.278 bits per heavy atom. The van der Waals surface area contributed by atoms with Crippen molar-refractivity contribution in [1.82, 2.24) is 14.1 Å². The average Bonchev–Trinajstić information content (AvgIpc) is 3.75. The molecule has 0 amide bonds. The van der Waals surface area contributed by atoms with Gasteiger partial charge in [-0.3, -0.25) is 0 Å². The van der Waals surface area contributed by atoms with Crippen LogP contribution in [0.2, 0.25) is 0 Å². The normalized spacial score (nSPS) is 11.7. The lowest BCUT2D eigenvalue weighted by atomic mass is 9.97. The first kappa shape index (κ1) is 30.4. The van der Waals surface area contributed by atoms with E-state index in [9.17, 15) is 0 Å². The van der Waals surface area contributed by atoms with E-state index < -0.39 is 0 Å². The number of para-hydroxylation sites is 3. The SMILES string of the molecule is c1ccc(-c2cc(-c3ccc4ccc(-n5c6ccccc6c6cc7c(cc65)c5ccccc5n7-c5ccccc5)cc4c3)cc(-c3ccccc3)n2)cc1. The summed E-state index contributed by atoms with van der Waals surface area (Å²) in [6.07, 6.45) is 0. The Labute approximate surface area is 312 Å². The van der Waals surface area contributed by atoms with E-state index in [2.05, 4.69) is 209 Å². The quantitative estimate of drug-likeness (QED) is 0.177. The third-order valence-corrected chi connectivity index (χ3v) is 10.9. The monoisotopic (exact) mass is 687 g/mol. The van der Waals surface area contributed by atoms with Crippen LogP contribution < -0.4 is 0 Å². The second kappa shape index (κ2) is 12.2. The van der Waals surface area contributed by atoms with Crippen molar-refractivity contribution in [3.8, 4) is 45.0 Å². The molecule has 0 saturated heterocycles. The summed E-state index contributed by atoms with van der Waals surface area (Å²) in [6.45, 7) is 0. The molecule has 3 nitrogen and oxygen atoms in total. The molecular formula is C51H33N3. The number of rotatable bonds is 5. The van der Waals surface area contributed by atoms with Gasteiger partial charge in [-0.15, -0.1) is 0 Å². The van der Waals surface area contributed by atoms with Gasteiger partial charge in [0, 0.05) is 44.0 Å². The van der Waals surface area contributed by atoms with Crippen LogP contribution >= 0.6 is 0 Å². The summed E-state index contributed by atoms with van der Waals surface area (Å²) in [5.74, 6) is 0. The van der Waals surface area contributed by atoms with Gasteiger partial charge >= 0.3 is 0 Å². The fourth-order valence-corrected chi connectivity index (χ4v) is 8.33. The van der Waals surface area contributed by atoms with Crippen molar-refractivity contribution in [3.05, 3.63) is 200 Å². The molecule has 11 aromatic rings. The molecule has 0 N–H and O–H groups in total. The lowest BCUT2D eigenvalue weighted by Gasteiger charge is -2.13. The van der Waals surface area contributed by atoms with Gasteiger partial charge in [-0.2, -0.15) is 0 Å². The minimum Gasteiger partial charge on any atom is -0.309 e. The predicted molar refractivity (Wildman–Crippen MR) is 227 cm³/mol. The van der Waals surface area contributed by atoms with E-state index in [0.29, 0.717) is 0 Å². The fraction of sp³-hybridized carbons (Fsp3) is 0. The zero-order valence-corrected chi connectivity index (χ0v) is 29.4. The molecule has 252 valence electrons. The number of hydrogen-bond acceptors (Lipinski definition) is 1. The van der Waals surface area contributed by atoms with Gasteiger partial charge in [-0.25, -0.2) is 4.98 Å². The number of pyridine rings is 1. The Kier molecular flexibility index (Phi) is 6.86. The van der Waals surface area contributed by atoms with Gasteiger partial charge in [0.15, 0.2) is 0 Å². The van der Waals surface area contributed by atoms with Crippen LogP contribution in [0.3, 0.4) is 0 Å². The van der Waals surface area contributed by atoms with Gasteiger partial charge < -0.3 is 9.13 Å². The molecule has 0 unspecified atom stereocenters. The first-order valence-electron chi connectivity index (χ1n) is 18.5. The molecule has 0 spiro atoms. The lowest BCUT2D eigenvalue weighted by molar-refractivity contribution is 1.18. The third kappa shape index (κ3) is 4.87. The van der Waals surface area contributed by atoms with Gasteiger partial charge in [0.2, 0.25) is 0 Å². The highest BCUT2D eigenvalue weighted by atomic mass is 15.0. The van der Waals surface area contributed by atoms with E-state index in [1.54, 1.807) is 0 Å². The molecule has 0 fully saturated rings. The van der Waals surface area contributed by atoms with Crippen molar-refractivity contribution in [2.24, 2.45) is 0 Å². The Bertz CT molecular complexity index is 3130. The predicted octanol–water partition coefficient (Wildman–Crippen LogP) is 13.4. The van der Waals surface area contributed by atoms with Crippen molar-refractivity contribution < 1.29 is 0 Å². The highest BCUT2D eigenvalue weighted by Crippen LogP contribution is 2.40. The molecule has 3 heterocycles. The zero-order chi connectivity index (χ0) is 35.6. The van der Waals surface area contributed by atoms with Crippen LogP contribution in [0.5, 0.6) is 0 Å². The highest BCUT2D eigenvalue weighted by molar-refractivity contribution is 6.19. The van der Waals surface area contributed by atoms with Gasteiger partial charge in [0.25, 0.3) is 0 Å². The molecule has 0 aliphatic carbocycles. The van der Waals surface area contributed by atoms with E-state index in [1.807, 2.05) is 0 Å². The minimum atomic E-state index is 0.964. The Balaban J connectivity index is 1.12. The van der Waals surface area contributed by atoms with Gasteiger partial charge in [-0.05, 0) is 88.6 Å². The maximum atomic E-state index is 5.12. The molecule has 8 aromatic carbocycles. The van der Waals surface area contributed by atoms with E-state index in [4.69, 9.17) is 4.98 Å². The Hall–Kier alpha value is -7.23. The summed E-state index contributed by atoms with van der Waals surface area (Å²) in [5.41, 5.74) is 13.6. The standard InChI is InChI=1S/C51H33N3/c1-4-14-35(15-5-1)46-30-39(31-47(52-46)36-16-6-2-7-17-36)37-25-24-34-26-27-41(29-38(34)28-37)54-49-23-13-11-21-43(49)45-32-50-44(33-51(45)54)42-20-10-12-22-48(42)53(50)40-18-8-3-9-19-40/h1-33H. The van der Waals surface area contributed by atoms with Crippen molar-refractivity contribution >= 4 is 54.4 Å². The van der Waals surface area contributed by atoms with Crippen LogP contribution in [0.25, 0.3) is 99.4 Å². The third-order valence-electron chi connectivity index (χ3n) is 10.9. The first-order chi connectivity index (χ1) is 26.8. The largest absolute Gasteiger partial charge is 0.309 e. The molecule has 3 heteroatoms. The molecule has 0 saturated carbocycles. The number of hydrogen-bond donors (Lipinski definition) is 0. The van der Waals surface area contributed by atoms with Crippen molar-refractivity contribution in [1.29, 1.82) is 0 Å². The maximum absolute atomic E-state index is 5.12. The molecular weight excluding hydrogens is 655 g/mol.